The van der Waals surface area contributed by atoms with E-state index in [1.165, 1.54) is 12.3 Å². The predicted octanol–water partition coefficient (Wildman–Crippen LogP) is 2.17. The van der Waals surface area contributed by atoms with Gasteiger partial charge in [0.1, 0.15) is 11.5 Å². The lowest BCUT2D eigenvalue weighted by Gasteiger charge is -2.11. The van der Waals surface area contributed by atoms with Crippen LogP contribution in [0.25, 0.3) is 0 Å². The summed E-state index contributed by atoms with van der Waals surface area (Å²) in [5.74, 6) is 0.201. The molecule has 110 valence electrons. The second-order valence-electron chi connectivity index (χ2n) is 4.23. The van der Waals surface area contributed by atoms with Gasteiger partial charge in [-0.3, -0.25) is 4.79 Å². The fourth-order valence-corrected chi connectivity index (χ4v) is 1.82. The molecule has 2 aromatic rings. The number of nitrogens with zero attached hydrogens (tertiary/aromatic N) is 1. The van der Waals surface area contributed by atoms with Gasteiger partial charge in [0, 0.05) is 36.0 Å². The van der Waals surface area contributed by atoms with E-state index < -0.39 is 5.95 Å². The molecule has 2 rings (SSSR count). The number of methoxy groups -OCH3 is 2. The summed E-state index contributed by atoms with van der Waals surface area (Å²) in [5, 5.41) is 2.70. The minimum Gasteiger partial charge on any atom is -0.497 e. The molecule has 1 heterocycles. The number of rotatable bonds is 5. The lowest BCUT2D eigenvalue weighted by Crippen LogP contribution is -2.23. The van der Waals surface area contributed by atoms with E-state index in [1.54, 1.807) is 32.4 Å². The van der Waals surface area contributed by atoms with Crippen LogP contribution in [-0.4, -0.2) is 25.1 Å². The number of ether oxygens (including phenoxy) is 2. The Hall–Kier alpha value is -2.63. The van der Waals surface area contributed by atoms with Gasteiger partial charge in [-0.25, -0.2) is 4.98 Å². The Labute approximate surface area is 121 Å². The molecule has 0 bridgehead atoms. The summed E-state index contributed by atoms with van der Waals surface area (Å²) in [6.07, 6.45) is 1.25. The predicted molar refractivity (Wildman–Crippen MR) is 74.9 cm³/mol. The van der Waals surface area contributed by atoms with Crippen molar-refractivity contribution in [1.29, 1.82) is 0 Å². The maximum absolute atomic E-state index is 13.0. The van der Waals surface area contributed by atoms with Gasteiger partial charge < -0.3 is 14.8 Å². The fraction of sp³-hybridized carbons (Fsp3) is 0.200. The molecule has 0 aliphatic carbocycles. The topological polar surface area (TPSA) is 60.5 Å². The molecule has 0 saturated carbocycles. The van der Waals surface area contributed by atoms with Crippen molar-refractivity contribution >= 4 is 5.91 Å². The summed E-state index contributed by atoms with van der Waals surface area (Å²) in [7, 11) is 3.10. The molecule has 6 heteroatoms. The Morgan fingerprint density at radius 3 is 2.71 bits per heavy atom. The van der Waals surface area contributed by atoms with E-state index in [0.717, 1.165) is 11.6 Å². The van der Waals surface area contributed by atoms with E-state index in [-0.39, 0.29) is 18.0 Å². The highest BCUT2D eigenvalue weighted by Gasteiger charge is 2.09. The van der Waals surface area contributed by atoms with Gasteiger partial charge in [0.15, 0.2) is 0 Å². The van der Waals surface area contributed by atoms with Gasteiger partial charge in [-0.15, -0.1) is 0 Å². The van der Waals surface area contributed by atoms with Crippen LogP contribution in [0.2, 0.25) is 0 Å². The van der Waals surface area contributed by atoms with E-state index >= 15 is 0 Å². The van der Waals surface area contributed by atoms with Crippen LogP contribution < -0.4 is 14.8 Å². The molecular weight excluding hydrogens is 275 g/mol. The van der Waals surface area contributed by atoms with Crippen molar-refractivity contribution in [3.63, 3.8) is 0 Å². The summed E-state index contributed by atoms with van der Waals surface area (Å²) in [6, 6.07) is 7.83. The molecule has 21 heavy (non-hydrogen) atoms. The van der Waals surface area contributed by atoms with Crippen LogP contribution in [-0.2, 0) is 6.54 Å². The van der Waals surface area contributed by atoms with E-state index in [0.29, 0.717) is 11.5 Å². The van der Waals surface area contributed by atoms with Gasteiger partial charge in [0.25, 0.3) is 5.91 Å². The number of halogens is 1. The zero-order valence-corrected chi connectivity index (χ0v) is 11.7. The first-order valence-corrected chi connectivity index (χ1v) is 6.24. The summed E-state index contributed by atoms with van der Waals surface area (Å²) >= 11 is 0. The minimum absolute atomic E-state index is 0.218. The number of amides is 1. The number of carbonyl (C=O) groups excluding carboxylic acids is 1. The number of pyridine rings is 1. The SMILES string of the molecule is COc1ccc(CNC(=O)c2ccnc(F)c2)c(OC)c1. The number of carbonyl (C=O) groups is 1. The maximum Gasteiger partial charge on any atom is 0.251 e. The Bertz CT molecular complexity index is 647. The molecule has 0 unspecified atom stereocenters. The highest BCUT2D eigenvalue weighted by atomic mass is 19.1. The third-order valence-electron chi connectivity index (χ3n) is 2.92. The Balaban J connectivity index is 2.07. The quantitative estimate of drug-likeness (QED) is 0.857. The van der Waals surface area contributed by atoms with Crippen LogP contribution in [0, 0.1) is 5.95 Å². The first-order valence-electron chi connectivity index (χ1n) is 6.24. The summed E-state index contributed by atoms with van der Waals surface area (Å²) in [5.41, 5.74) is 1.01. The minimum atomic E-state index is -0.690. The van der Waals surface area contributed by atoms with Gasteiger partial charge in [-0.2, -0.15) is 4.39 Å². The first kappa shape index (κ1) is 14.8. The molecular formula is C15H15FN2O3. The van der Waals surface area contributed by atoms with Gasteiger partial charge in [0.05, 0.1) is 14.2 Å². The Morgan fingerprint density at radius 1 is 1.24 bits per heavy atom. The average Bonchev–Trinajstić information content (AvgIpc) is 2.52. The van der Waals surface area contributed by atoms with Crippen LogP contribution in [0.3, 0.4) is 0 Å². The molecule has 1 aromatic carbocycles. The average molecular weight is 290 g/mol. The smallest absolute Gasteiger partial charge is 0.251 e. The van der Waals surface area contributed by atoms with Gasteiger partial charge in [-0.05, 0) is 18.2 Å². The normalized spacial score (nSPS) is 10.0. The van der Waals surface area contributed by atoms with Crippen LogP contribution in [0.15, 0.2) is 36.5 Å². The third-order valence-corrected chi connectivity index (χ3v) is 2.92. The zero-order chi connectivity index (χ0) is 15.2. The van der Waals surface area contributed by atoms with Crippen LogP contribution in [0.1, 0.15) is 15.9 Å². The summed E-state index contributed by atoms with van der Waals surface area (Å²) in [4.78, 5) is 15.3. The molecule has 0 saturated heterocycles. The standard InChI is InChI=1S/C15H15FN2O3/c1-20-12-4-3-11(13(8-12)21-2)9-18-15(19)10-5-6-17-14(16)7-10/h3-8H,9H2,1-2H3,(H,18,19). The zero-order valence-electron chi connectivity index (χ0n) is 11.7. The number of hydrogen-bond acceptors (Lipinski definition) is 4. The van der Waals surface area contributed by atoms with Crippen molar-refractivity contribution < 1.29 is 18.7 Å². The molecule has 0 radical (unpaired) electrons. The van der Waals surface area contributed by atoms with Gasteiger partial charge in [-0.1, -0.05) is 0 Å². The molecule has 0 fully saturated rings. The lowest BCUT2D eigenvalue weighted by molar-refractivity contribution is 0.0950. The van der Waals surface area contributed by atoms with Gasteiger partial charge >= 0.3 is 0 Å². The Morgan fingerprint density at radius 2 is 2.05 bits per heavy atom. The molecule has 5 nitrogen and oxygen atoms in total. The lowest BCUT2D eigenvalue weighted by atomic mass is 10.1. The molecule has 0 spiro atoms. The van der Waals surface area contributed by atoms with Crippen molar-refractivity contribution in [2.24, 2.45) is 0 Å². The molecule has 0 aliphatic heterocycles. The largest absolute Gasteiger partial charge is 0.497 e. The van der Waals surface area contributed by atoms with E-state index in [4.69, 9.17) is 9.47 Å². The van der Waals surface area contributed by atoms with E-state index in [9.17, 15) is 9.18 Å². The van der Waals surface area contributed by atoms with Crippen molar-refractivity contribution in [3.05, 3.63) is 53.6 Å². The highest BCUT2D eigenvalue weighted by molar-refractivity contribution is 5.93. The summed E-state index contributed by atoms with van der Waals surface area (Å²) in [6.45, 7) is 0.260. The summed E-state index contributed by atoms with van der Waals surface area (Å²) < 4.78 is 23.3. The van der Waals surface area contributed by atoms with Crippen molar-refractivity contribution in [2.45, 2.75) is 6.54 Å². The van der Waals surface area contributed by atoms with Crippen LogP contribution in [0.4, 0.5) is 4.39 Å². The number of benzene rings is 1. The molecule has 0 aliphatic rings. The Kier molecular flexibility index (Phi) is 4.71. The van der Waals surface area contributed by atoms with Crippen LogP contribution >= 0.6 is 0 Å². The third kappa shape index (κ3) is 3.68. The number of nitrogens with one attached hydrogen (secondary N) is 1. The molecule has 1 amide bonds. The van der Waals surface area contributed by atoms with Crippen molar-refractivity contribution in [1.82, 2.24) is 10.3 Å². The van der Waals surface area contributed by atoms with Crippen LogP contribution in [0.5, 0.6) is 11.5 Å². The monoisotopic (exact) mass is 290 g/mol. The van der Waals surface area contributed by atoms with Crippen molar-refractivity contribution in [2.75, 3.05) is 14.2 Å². The fourth-order valence-electron chi connectivity index (χ4n) is 1.82. The van der Waals surface area contributed by atoms with E-state index in [1.807, 2.05) is 0 Å². The molecule has 1 aromatic heterocycles. The first-order chi connectivity index (χ1) is 10.1. The van der Waals surface area contributed by atoms with E-state index in [2.05, 4.69) is 10.3 Å². The maximum atomic E-state index is 13.0. The number of hydrogen-bond donors (Lipinski definition) is 1. The van der Waals surface area contributed by atoms with Gasteiger partial charge in [0.2, 0.25) is 5.95 Å². The van der Waals surface area contributed by atoms with Crippen molar-refractivity contribution in [3.8, 4) is 11.5 Å². The number of aromatic nitrogens is 1. The molecule has 0 atom stereocenters. The molecule has 1 N–H and O–H groups in total. The highest BCUT2D eigenvalue weighted by Crippen LogP contribution is 2.24. The second kappa shape index (κ2) is 6.69. The second-order valence-corrected chi connectivity index (χ2v) is 4.23.